The molecule has 2 aromatic carbocycles. The third kappa shape index (κ3) is 5.15. The van der Waals surface area contributed by atoms with Crippen LogP contribution in [0.4, 0.5) is 13.2 Å². The third-order valence-electron chi connectivity index (χ3n) is 5.88. The van der Waals surface area contributed by atoms with Gasteiger partial charge in [-0.15, -0.1) is 0 Å². The molecule has 12 heteroatoms. The summed E-state index contributed by atoms with van der Waals surface area (Å²) in [7, 11) is 0. The van der Waals surface area contributed by atoms with E-state index in [0.717, 1.165) is 17.0 Å². The van der Waals surface area contributed by atoms with Crippen LogP contribution in [0.25, 0.3) is 17.0 Å². The minimum atomic E-state index is -4.53. The number of aliphatic hydroxyl groups is 1. The number of morpholine rings is 1. The summed E-state index contributed by atoms with van der Waals surface area (Å²) in [4.78, 5) is 19.0. The Kier molecular flexibility index (Phi) is 6.82. The number of aliphatic imine (C=N–C) groups is 1. The molecule has 36 heavy (non-hydrogen) atoms. The monoisotopic (exact) mass is 536 g/mol. The number of ether oxygens (including phenoxy) is 1. The fraction of sp³-hybridized carbons (Fsp3) is 0.292. The number of alkyl halides is 3. The first-order chi connectivity index (χ1) is 17.2. The van der Waals surface area contributed by atoms with E-state index in [1.165, 1.54) is 28.6 Å². The van der Waals surface area contributed by atoms with Crippen LogP contribution in [0.5, 0.6) is 0 Å². The number of hydrogen-bond acceptors (Lipinski definition) is 6. The minimum Gasteiger partial charge on any atom is -0.394 e. The van der Waals surface area contributed by atoms with Gasteiger partial charge in [-0.05, 0) is 53.2 Å². The van der Waals surface area contributed by atoms with Crippen LogP contribution >= 0.6 is 23.4 Å². The molecule has 1 atom stereocenters. The van der Waals surface area contributed by atoms with Gasteiger partial charge in [-0.2, -0.15) is 23.3 Å². The van der Waals surface area contributed by atoms with E-state index in [1.54, 1.807) is 24.4 Å². The SMILES string of the molecule is O=C1N=C(N2CCOC(CO)C2)S/C1=C/c1ccc2c(cnn2Cc2ccc(Cl)cc2C(F)(F)F)c1. The molecule has 1 fully saturated rings. The number of benzene rings is 2. The number of aromatic nitrogens is 2. The van der Waals surface area contributed by atoms with Crippen LogP contribution in [0.15, 0.2) is 52.5 Å². The fourth-order valence-corrected chi connectivity index (χ4v) is 5.24. The number of nitrogens with zero attached hydrogens (tertiary/aromatic N) is 4. The second-order valence-corrected chi connectivity index (χ2v) is 9.80. The van der Waals surface area contributed by atoms with Crippen LogP contribution in [0, 0.1) is 0 Å². The molecule has 1 saturated heterocycles. The lowest BCUT2D eigenvalue weighted by Gasteiger charge is -2.32. The van der Waals surface area contributed by atoms with Crippen molar-refractivity contribution >= 4 is 51.4 Å². The van der Waals surface area contributed by atoms with Gasteiger partial charge in [0.1, 0.15) is 0 Å². The molecule has 7 nitrogen and oxygen atoms in total. The summed E-state index contributed by atoms with van der Waals surface area (Å²) in [5, 5.41) is 14.9. The number of aliphatic hydroxyl groups excluding tert-OH is 1. The molecule has 1 aromatic heterocycles. The Morgan fingerprint density at radius 2 is 2.08 bits per heavy atom. The molecule has 0 spiro atoms. The number of carbonyl (C=O) groups is 1. The molecule has 0 radical (unpaired) electrons. The van der Waals surface area contributed by atoms with Gasteiger partial charge in [-0.1, -0.05) is 23.7 Å². The van der Waals surface area contributed by atoms with Gasteiger partial charge in [-0.25, -0.2) is 0 Å². The summed E-state index contributed by atoms with van der Waals surface area (Å²) < 4.78 is 47.4. The summed E-state index contributed by atoms with van der Waals surface area (Å²) in [5.74, 6) is -0.347. The average Bonchev–Trinajstić information content (AvgIpc) is 3.42. The fourth-order valence-electron chi connectivity index (χ4n) is 4.12. The molecular formula is C24H20ClF3N4O3S. The average molecular weight is 537 g/mol. The number of carbonyl (C=O) groups excluding carboxylic acids is 1. The zero-order valence-electron chi connectivity index (χ0n) is 18.7. The molecule has 0 saturated carbocycles. The van der Waals surface area contributed by atoms with E-state index in [9.17, 15) is 23.1 Å². The third-order valence-corrected chi connectivity index (χ3v) is 7.16. The first kappa shape index (κ1) is 24.8. The highest BCUT2D eigenvalue weighted by molar-refractivity contribution is 8.18. The molecule has 0 bridgehead atoms. The van der Waals surface area contributed by atoms with Gasteiger partial charge in [0.05, 0.1) is 48.0 Å². The maximum absolute atomic E-state index is 13.5. The van der Waals surface area contributed by atoms with Crippen molar-refractivity contribution < 1.29 is 27.8 Å². The lowest BCUT2D eigenvalue weighted by molar-refractivity contribution is -0.138. The van der Waals surface area contributed by atoms with Crippen LogP contribution in [0.2, 0.25) is 5.02 Å². The Morgan fingerprint density at radius 3 is 2.86 bits per heavy atom. The molecule has 3 aromatic rings. The summed E-state index contributed by atoms with van der Waals surface area (Å²) >= 11 is 7.05. The molecular weight excluding hydrogens is 517 g/mol. The summed E-state index contributed by atoms with van der Waals surface area (Å²) in [6.07, 6.45) is -1.54. The molecule has 1 unspecified atom stereocenters. The van der Waals surface area contributed by atoms with Crippen LogP contribution < -0.4 is 0 Å². The van der Waals surface area contributed by atoms with Gasteiger partial charge in [0, 0.05) is 23.5 Å². The number of halogens is 4. The highest BCUT2D eigenvalue weighted by atomic mass is 35.5. The molecule has 1 amide bonds. The summed E-state index contributed by atoms with van der Waals surface area (Å²) in [6.45, 7) is 1.30. The molecule has 3 heterocycles. The van der Waals surface area contributed by atoms with E-state index >= 15 is 0 Å². The Hall–Kier alpha value is -2.86. The Bertz CT molecular complexity index is 1390. The molecule has 0 aliphatic carbocycles. The van der Waals surface area contributed by atoms with Crippen molar-refractivity contribution in [2.24, 2.45) is 4.99 Å². The highest BCUT2D eigenvalue weighted by Gasteiger charge is 2.34. The topological polar surface area (TPSA) is 80.0 Å². The quantitative estimate of drug-likeness (QED) is 0.497. The first-order valence-corrected chi connectivity index (χ1v) is 12.2. The number of amidine groups is 1. The zero-order chi connectivity index (χ0) is 25.4. The largest absolute Gasteiger partial charge is 0.416 e. The molecule has 2 aliphatic heterocycles. The van der Waals surface area contributed by atoms with Crippen molar-refractivity contribution in [3.63, 3.8) is 0 Å². The number of fused-ring (bicyclic) bond motifs is 1. The van der Waals surface area contributed by atoms with E-state index < -0.39 is 11.7 Å². The maximum atomic E-state index is 13.5. The van der Waals surface area contributed by atoms with Gasteiger partial charge < -0.3 is 14.7 Å². The Balaban J connectivity index is 1.35. The van der Waals surface area contributed by atoms with Gasteiger partial charge >= 0.3 is 6.18 Å². The second-order valence-electron chi connectivity index (χ2n) is 8.35. The number of hydrogen-bond donors (Lipinski definition) is 1. The lowest BCUT2D eigenvalue weighted by atomic mass is 10.1. The second kappa shape index (κ2) is 9.89. The van der Waals surface area contributed by atoms with E-state index in [1.807, 2.05) is 11.0 Å². The van der Waals surface area contributed by atoms with Crippen molar-refractivity contribution in [2.45, 2.75) is 18.8 Å². The van der Waals surface area contributed by atoms with Crippen molar-refractivity contribution in [1.82, 2.24) is 14.7 Å². The molecule has 2 aliphatic rings. The predicted octanol–water partition coefficient (Wildman–Crippen LogP) is 4.42. The van der Waals surface area contributed by atoms with Crippen LogP contribution in [0.3, 0.4) is 0 Å². The zero-order valence-corrected chi connectivity index (χ0v) is 20.3. The standard InChI is InChI=1S/C24H20ClF3N4O3S/c25-17-3-2-15(19(9-17)24(26,27)28)11-32-20-4-1-14(7-16(20)10-29-32)8-21-22(34)30-23(36-21)31-5-6-35-18(12-31)13-33/h1-4,7-10,18,33H,5-6,11-13H2/b21-8+. The molecule has 1 N–H and O–H groups in total. The number of rotatable bonds is 4. The van der Waals surface area contributed by atoms with Crippen molar-refractivity contribution in [2.75, 3.05) is 26.3 Å². The van der Waals surface area contributed by atoms with Crippen molar-refractivity contribution in [3.05, 3.63) is 69.2 Å². The van der Waals surface area contributed by atoms with Crippen LogP contribution in [-0.2, 0) is 22.3 Å². The lowest BCUT2D eigenvalue weighted by Crippen LogP contribution is -2.45. The number of thioether (sulfide) groups is 1. The smallest absolute Gasteiger partial charge is 0.394 e. The Labute approximate surface area is 213 Å². The highest BCUT2D eigenvalue weighted by Crippen LogP contribution is 2.35. The van der Waals surface area contributed by atoms with Crippen molar-refractivity contribution in [3.8, 4) is 0 Å². The summed E-state index contributed by atoms with van der Waals surface area (Å²) in [6, 6.07) is 9.06. The van der Waals surface area contributed by atoms with Gasteiger partial charge in [0.15, 0.2) is 5.17 Å². The van der Waals surface area contributed by atoms with Gasteiger partial charge in [0.2, 0.25) is 0 Å². The minimum absolute atomic E-state index is 0.0161. The predicted molar refractivity (Wildman–Crippen MR) is 132 cm³/mol. The van der Waals surface area contributed by atoms with Gasteiger partial charge in [0.25, 0.3) is 5.91 Å². The first-order valence-electron chi connectivity index (χ1n) is 11.0. The van der Waals surface area contributed by atoms with Gasteiger partial charge in [-0.3, -0.25) is 9.48 Å². The van der Waals surface area contributed by atoms with E-state index in [-0.39, 0.29) is 35.7 Å². The maximum Gasteiger partial charge on any atom is 0.416 e. The molecule has 5 rings (SSSR count). The van der Waals surface area contributed by atoms with Crippen LogP contribution in [-0.4, -0.2) is 63.3 Å². The number of amides is 1. The molecule has 188 valence electrons. The Morgan fingerprint density at radius 1 is 1.25 bits per heavy atom. The van der Waals surface area contributed by atoms with Crippen LogP contribution in [0.1, 0.15) is 16.7 Å². The summed E-state index contributed by atoms with van der Waals surface area (Å²) in [5.41, 5.74) is 0.670. The normalized spacial score (nSPS) is 20.0. The van der Waals surface area contributed by atoms with Crippen molar-refractivity contribution in [1.29, 1.82) is 0 Å². The van der Waals surface area contributed by atoms with E-state index in [4.69, 9.17) is 16.3 Å². The van der Waals surface area contributed by atoms with E-state index in [0.29, 0.717) is 35.3 Å². The van der Waals surface area contributed by atoms with E-state index in [2.05, 4.69) is 10.1 Å².